The smallest absolute Gasteiger partial charge is 0.135 e. The van der Waals surface area contributed by atoms with Crippen molar-refractivity contribution in [2.45, 2.75) is 58.5 Å². The highest BCUT2D eigenvalue weighted by Gasteiger charge is 2.23. The number of aliphatic hydroxyl groups excluding tert-OH is 1. The molecule has 1 rings (SSSR count). The van der Waals surface area contributed by atoms with Crippen molar-refractivity contribution in [2.24, 2.45) is 11.8 Å². The van der Waals surface area contributed by atoms with E-state index in [0.29, 0.717) is 5.92 Å². The zero-order valence-electron chi connectivity index (χ0n) is 9.33. The molecule has 0 aromatic heterocycles. The van der Waals surface area contributed by atoms with Crippen molar-refractivity contribution in [1.82, 2.24) is 0 Å². The minimum absolute atomic E-state index is 0.105. The number of ketones is 1. The molecule has 1 N–H and O–H groups in total. The lowest BCUT2D eigenvalue weighted by Crippen LogP contribution is -2.27. The minimum Gasteiger partial charge on any atom is -0.392 e. The third kappa shape index (κ3) is 3.41. The first kappa shape index (κ1) is 11.7. The summed E-state index contributed by atoms with van der Waals surface area (Å²) < 4.78 is 0. The van der Waals surface area contributed by atoms with Gasteiger partial charge >= 0.3 is 0 Å². The Morgan fingerprint density at radius 1 is 1.36 bits per heavy atom. The van der Waals surface area contributed by atoms with Gasteiger partial charge in [0.2, 0.25) is 0 Å². The molecular weight excluding hydrogens is 176 g/mol. The first-order valence-electron chi connectivity index (χ1n) is 5.79. The fourth-order valence-corrected chi connectivity index (χ4v) is 2.24. The Morgan fingerprint density at radius 3 is 2.43 bits per heavy atom. The summed E-state index contributed by atoms with van der Waals surface area (Å²) in [4.78, 5) is 11.1. The van der Waals surface area contributed by atoms with E-state index in [1.165, 1.54) is 32.1 Å². The summed E-state index contributed by atoms with van der Waals surface area (Å²) >= 11 is 0. The van der Waals surface area contributed by atoms with Crippen molar-refractivity contribution in [1.29, 1.82) is 0 Å². The van der Waals surface area contributed by atoms with Crippen LogP contribution < -0.4 is 0 Å². The van der Waals surface area contributed by atoms with E-state index >= 15 is 0 Å². The van der Waals surface area contributed by atoms with Gasteiger partial charge in [0.05, 0.1) is 6.10 Å². The molecule has 0 heterocycles. The molecule has 2 nitrogen and oxygen atoms in total. The molecule has 0 aromatic rings. The van der Waals surface area contributed by atoms with Gasteiger partial charge in [0.15, 0.2) is 0 Å². The Morgan fingerprint density at radius 2 is 1.93 bits per heavy atom. The van der Waals surface area contributed by atoms with E-state index in [0.717, 1.165) is 6.42 Å². The van der Waals surface area contributed by atoms with Crippen molar-refractivity contribution >= 4 is 5.78 Å². The van der Waals surface area contributed by atoms with Gasteiger partial charge in [0.25, 0.3) is 0 Å². The van der Waals surface area contributed by atoms with Crippen LogP contribution in [0.1, 0.15) is 52.4 Å². The van der Waals surface area contributed by atoms with Crippen LogP contribution in [-0.4, -0.2) is 17.0 Å². The average molecular weight is 198 g/mol. The molecule has 2 heteroatoms. The fourth-order valence-electron chi connectivity index (χ4n) is 2.24. The molecule has 0 aliphatic heterocycles. The third-order valence-corrected chi connectivity index (χ3v) is 3.52. The Kier molecular flexibility index (Phi) is 4.59. The van der Waals surface area contributed by atoms with Crippen LogP contribution in [0.15, 0.2) is 0 Å². The highest BCUT2D eigenvalue weighted by Crippen LogP contribution is 2.28. The van der Waals surface area contributed by atoms with Crippen LogP contribution in [-0.2, 0) is 4.79 Å². The van der Waals surface area contributed by atoms with Crippen molar-refractivity contribution in [3.63, 3.8) is 0 Å². The highest BCUT2D eigenvalue weighted by atomic mass is 16.3. The Hall–Kier alpha value is -0.370. The summed E-state index contributed by atoms with van der Waals surface area (Å²) in [6.45, 7) is 3.39. The quantitative estimate of drug-likeness (QED) is 0.753. The van der Waals surface area contributed by atoms with E-state index in [4.69, 9.17) is 0 Å². The van der Waals surface area contributed by atoms with Gasteiger partial charge in [-0.2, -0.15) is 0 Å². The molecule has 14 heavy (non-hydrogen) atoms. The maximum atomic E-state index is 11.1. The molecule has 1 saturated carbocycles. The second kappa shape index (κ2) is 5.50. The second-order valence-electron chi connectivity index (χ2n) is 4.71. The van der Waals surface area contributed by atoms with E-state index in [-0.39, 0.29) is 11.7 Å². The van der Waals surface area contributed by atoms with Gasteiger partial charge < -0.3 is 5.11 Å². The number of carbonyl (C=O) groups excluding carboxylic acids is 1. The molecule has 0 saturated heterocycles. The largest absolute Gasteiger partial charge is 0.392 e. The van der Waals surface area contributed by atoms with Gasteiger partial charge in [0, 0.05) is 5.92 Å². The molecule has 0 aromatic carbocycles. The molecular formula is C12H22O2. The molecule has 0 spiro atoms. The van der Waals surface area contributed by atoms with Gasteiger partial charge in [-0.05, 0) is 19.3 Å². The zero-order valence-corrected chi connectivity index (χ0v) is 9.33. The van der Waals surface area contributed by atoms with Gasteiger partial charge in [-0.1, -0.05) is 39.0 Å². The lowest BCUT2D eigenvalue weighted by atomic mass is 9.82. The molecule has 1 aliphatic rings. The summed E-state index contributed by atoms with van der Waals surface area (Å²) in [5, 5.41) is 9.82. The normalized spacial score (nSPS) is 23.1. The maximum absolute atomic E-state index is 11.1. The Bertz CT molecular complexity index is 183. The van der Waals surface area contributed by atoms with Crippen molar-refractivity contribution in [2.75, 3.05) is 0 Å². The van der Waals surface area contributed by atoms with Crippen LogP contribution in [0.3, 0.4) is 0 Å². The van der Waals surface area contributed by atoms with Crippen molar-refractivity contribution in [3.8, 4) is 0 Å². The monoisotopic (exact) mass is 198 g/mol. The van der Waals surface area contributed by atoms with E-state index in [2.05, 4.69) is 0 Å². The predicted octanol–water partition coefficient (Wildman–Crippen LogP) is 2.54. The fraction of sp³-hybridized carbons (Fsp3) is 0.917. The molecule has 2 atom stereocenters. The lowest BCUT2D eigenvalue weighted by Gasteiger charge is -2.25. The summed E-state index contributed by atoms with van der Waals surface area (Å²) in [7, 11) is 0. The number of Topliss-reactive ketones (excluding diaryl/α,β-unsaturated/α-hetero) is 1. The molecule has 1 aliphatic carbocycles. The van der Waals surface area contributed by atoms with Crippen molar-refractivity contribution in [3.05, 3.63) is 0 Å². The number of rotatable bonds is 4. The van der Waals surface area contributed by atoms with Crippen molar-refractivity contribution < 1.29 is 9.90 Å². The Balaban J connectivity index is 2.31. The van der Waals surface area contributed by atoms with Gasteiger partial charge in [-0.25, -0.2) is 0 Å². The van der Waals surface area contributed by atoms with E-state index in [9.17, 15) is 9.90 Å². The van der Waals surface area contributed by atoms with Crippen LogP contribution in [0.25, 0.3) is 0 Å². The molecule has 2 unspecified atom stereocenters. The van der Waals surface area contributed by atoms with E-state index < -0.39 is 6.10 Å². The molecule has 0 amide bonds. The van der Waals surface area contributed by atoms with Crippen LogP contribution in [0.4, 0.5) is 0 Å². The van der Waals surface area contributed by atoms with Gasteiger partial charge in [-0.3, -0.25) is 4.79 Å². The van der Waals surface area contributed by atoms with E-state index in [1.807, 2.05) is 6.92 Å². The standard InChI is InChI=1S/C12H22O2/c1-9(10(2)13)12(14)8-11-6-4-3-5-7-11/h9,11-12,14H,3-8H2,1-2H3. The maximum Gasteiger partial charge on any atom is 0.135 e. The van der Waals surface area contributed by atoms with Gasteiger partial charge in [0.1, 0.15) is 5.78 Å². The second-order valence-corrected chi connectivity index (χ2v) is 4.71. The number of hydrogen-bond acceptors (Lipinski definition) is 2. The minimum atomic E-state index is -0.421. The topological polar surface area (TPSA) is 37.3 Å². The first-order valence-corrected chi connectivity index (χ1v) is 5.79. The van der Waals surface area contributed by atoms with Crippen LogP contribution in [0, 0.1) is 11.8 Å². The van der Waals surface area contributed by atoms with Crippen LogP contribution in [0.2, 0.25) is 0 Å². The highest BCUT2D eigenvalue weighted by molar-refractivity contribution is 5.78. The number of carbonyl (C=O) groups is 1. The predicted molar refractivity (Wildman–Crippen MR) is 57.0 cm³/mol. The Labute approximate surface area is 86.7 Å². The summed E-state index contributed by atoms with van der Waals surface area (Å²) in [5.74, 6) is 0.575. The first-order chi connectivity index (χ1) is 6.61. The number of aliphatic hydroxyl groups is 1. The van der Waals surface area contributed by atoms with Crippen LogP contribution >= 0.6 is 0 Å². The van der Waals surface area contributed by atoms with E-state index in [1.54, 1.807) is 6.92 Å². The summed E-state index contributed by atoms with van der Waals surface area (Å²) in [5.41, 5.74) is 0. The van der Waals surface area contributed by atoms with Crippen LogP contribution in [0.5, 0.6) is 0 Å². The SMILES string of the molecule is CC(=O)C(C)C(O)CC1CCCCC1. The van der Waals surface area contributed by atoms with Gasteiger partial charge in [-0.15, -0.1) is 0 Å². The molecule has 0 bridgehead atoms. The number of hydrogen-bond donors (Lipinski definition) is 1. The zero-order chi connectivity index (χ0) is 10.6. The third-order valence-electron chi connectivity index (χ3n) is 3.52. The summed E-state index contributed by atoms with van der Waals surface area (Å²) in [6.07, 6.45) is 6.81. The molecule has 82 valence electrons. The molecule has 0 radical (unpaired) electrons. The lowest BCUT2D eigenvalue weighted by molar-refractivity contribution is -0.123. The average Bonchev–Trinajstić information content (AvgIpc) is 2.18. The molecule has 1 fully saturated rings. The summed E-state index contributed by atoms with van der Waals surface area (Å²) in [6, 6.07) is 0.